The molecule has 0 amide bonds. The van der Waals surface area contributed by atoms with Crippen LogP contribution < -0.4 is 0 Å². The van der Waals surface area contributed by atoms with E-state index in [2.05, 4.69) is 25.9 Å². The van der Waals surface area contributed by atoms with Crippen LogP contribution in [0.4, 0.5) is 11.4 Å². The van der Waals surface area contributed by atoms with Gasteiger partial charge < -0.3 is 14.6 Å². The van der Waals surface area contributed by atoms with Crippen molar-refractivity contribution in [3.05, 3.63) is 86.9 Å². The van der Waals surface area contributed by atoms with Crippen LogP contribution >= 0.6 is 15.9 Å². The number of rotatable bonds is 4. The average molecular weight is 504 g/mol. The number of aliphatic imine (C=N–C) groups is 1. The molecule has 0 atom stereocenters. The molecule has 9 heteroatoms. The third-order valence-corrected chi connectivity index (χ3v) is 5.56. The van der Waals surface area contributed by atoms with E-state index in [-0.39, 0.29) is 17.2 Å². The van der Waals surface area contributed by atoms with Crippen LogP contribution in [-0.4, -0.2) is 26.3 Å². The first kappa shape index (κ1) is 20.7. The fraction of sp³-hybridized carbons (Fsp3) is 0. The zero-order valence-electron chi connectivity index (χ0n) is 16.8. The van der Waals surface area contributed by atoms with Gasteiger partial charge in [0.1, 0.15) is 11.3 Å². The minimum atomic E-state index is -0.664. The van der Waals surface area contributed by atoms with E-state index < -0.39 is 16.4 Å². The molecule has 0 bridgehead atoms. The maximum atomic E-state index is 11.1. The third kappa shape index (κ3) is 3.90. The molecule has 33 heavy (non-hydrogen) atoms. The molecule has 162 valence electrons. The molecular formula is C24H14BrN3O5. The smallest absolute Gasteiger partial charge is 0.312 e. The van der Waals surface area contributed by atoms with E-state index in [1.54, 1.807) is 24.3 Å². The van der Waals surface area contributed by atoms with E-state index in [4.69, 9.17) is 4.42 Å². The predicted molar refractivity (Wildman–Crippen MR) is 128 cm³/mol. The highest BCUT2D eigenvalue weighted by molar-refractivity contribution is 9.10. The van der Waals surface area contributed by atoms with Crippen molar-refractivity contribution >= 4 is 55.4 Å². The van der Waals surface area contributed by atoms with Crippen molar-refractivity contribution in [3.63, 3.8) is 0 Å². The van der Waals surface area contributed by atoms with Gasteiger partial charge in [-0.3, -0.25) is 15.1 Å². The highest BCUT2D eigenvalue weighted by Crippen LogP contribution is 2.36. The molecule has 0 saturated heterocycles. The van der Waals surface area contributed by atoms with Gasteiger partial charge in [0.2, 0.25) is 11.6 Å². The van der Waals surface area contributed by atoms with Gasteiger partial charge in [0.15, 0.2) is 5.58 Å². The minimum Gasteiger partial charge on any atom is -0.507 e. The number of fused-ring (bicyclic) bond motifs is 2. The number of hydrogen-bond acceptors (Lipinski definition) is 7. The molecule has 0 spiro atoms. The van der Waals surface area contributed by atoms with Crippen LogP contribution in [0.15, 0.2) is 80.6 Å². The summed E-state index contributed by atoms with van der Waals surface area (Å²) in [6, 6.07) is 19.0. The first-order valence-electron chi connectivity index (χ1n) is 9.73. The number of halogens is 1. The van der Waals surface area contributed by atoms with Crippen LogP contribution in [0.5, 0.6) is 11.5 Å². The summed E-state index contributed by atoms with van der Waals surface area (Å²) in [7, 11) is 0. The van der Waals surface area contributed by atoms with E-state index >= 15 is 0 Å². The Balaban J connectivity index is 1.51. The zero-order valence-corrected chi connectivity index (χ0v) is 18.4. The fourth-order valence-electron chi connectivity index (χ4n) is 3.50. The number of oxazole rings is 1. The number of phenols is 2. The molecule has 0 saturated carbocycles. The monoisotopic (exact) mass is 503 g/mol. The maximum Gasteiger partial charge on any atom is 0.312 e. The lowest BCUT2D eigenvalue weighted by atomic mass is 10.1. The Kier molecular flexibility index (Phi) is 5.02. The molecule has 5 rings (SSSR count). The van der Waals surface area contributed by atoms with E-state index in [9.17, 15) is 20.3 Å². The number of nitro benzene ring substituents is 1. The SMILES string of the molecule is O=[N+]([O-])c1cc(Br)cc(C=Nc2ccc3oc(-c4cc5ccccc5cc4O)nc3c2)c1O. The van der Waals surface area contributed by atoms with Crippen LogP contribution in [0, 0.1) is 10.1 Å². The van der Waals surface area contributed by atoms with Crippen LogP contribution in [0.2, 0.25) is 0 Å². The lowest BCUT2D eigenvalue weighted by Crippen LogP contribution is -1.92. The molecular weight excluding hydrogens is 490 g/mol. The molecule has 0 aliphatic carbocycles. The number of aromatic hydroxyl groups is 2. The second-order valence-electron chi connectivity index (χ2n) is 7.27. The lowest BCUT2D eigenvalue weighted by molar-refractivity contribution is -0.385. The highest BCUT2D eigenvalue weighted by Gasteiger charge is 2.18. The highest BCUT2D eigenvalue weighted by atomic mass is 79.9. The first-order valence-corrected chi connectivity index (χ1v) is 10.5. The molecule has 0 aliphatic heterocycles. The summed E-state index contributed by atoms with van der Waals surface area (Å²) < 4.78 is 6.28. The van der Waals surface area contributed by atoms with Crippen molar-refractivity contribution < 1.29 is 19.6 Å². The second-order valence-corrected chi connectivity index (χ2v) is 8.18. The molecule has 4 aromatic carbocycles. The van der Waals surface area contributed by atoms with Crippen molar-refractivity contribution in [1.82, 2.24) is 4.98 Å². The maximum absolute atomic E-state index is 11.1. The van der Waals surface area contributed by atoms with Crippen molar-refractivity contribution in [2.45, 2.75) is 0 Å². The molecule has 2 N–H and O–H groups in total. The summed E-state index contributed by atoms with van der Waals surface area (Å²) >= 11 is 3.20. The van der Waals surface area contributed by atoms with Gasteiger partial charge in [0, 0.05) is 22.3 Å². The number of aromatic nitrogens is 1. The Labute approximate surface area is 194 Å². The number of nitrogens with zero attached hydrogens (tertiary/aromatic N) is 3. The van der Waals surface area contributed by atoms with Crippen LogP contribution in [0.3, 0.4) is 0 Å². The molecule has 1 aromatic heterocycles. The minimum absolute atomic E-state index is 0.0604. The summed E-state index contributed by atoms with van der Waals surface area (Å²) in [6.45, 7) is 0. The van der Waals surface area contributed by atoms with Gasteiger partial charge in [-0.05, 0) is 47.2 Å². The fourth-order valence-corrected chi connectivity index (χ4v) is 3.96. The standard InChI is InChI=1S/C24H14BrN3O5/c25-16-7-15(23(30)20(10-16)28(31)32)12-26-17-5-6-22-19(11-17)27-24(33-22)18-8-13-3-1-2-4-14(13)9-21(18)29/h1-12,29-30H. The van der Waals surface area contributed by atoms with Gasteiger partial charge in [-0.2, -0.15) is 0 Å². The van der Waals surface area contributed by atoms with Gasteiger partial charge in [0.25, 0.3) is 0 Å². The summed E-state index contributed by atoms with van der Waals surface area (Å²) in [5.74, 6) is -0.136. The van der Waals surface area contributed by atoms with Gasteiger partial charge in [0.05, 0.1) is 16.2 Å². The molecule has 0 unspecified atom stereocenters. The molecule has 0 radical (unpaired) electrons. The van der Waals surface area contributed by atoms with Gasteiger partial charge in [-0.25, -0.2) is 4.98 Å². The Hall–Kier alpha value is -4.24. The Morgan fingerprint density at radius 3 is 2.55 bits per heavy atom. The second kappa shape index (κ2) is 8.03. The third-order valence-electron chi connectivity index (χ3n) is 5.10. The topological polar surface area (TPSA) is 122 Å². The number of phenolic OH excluding ortho intramolecular Hbond substituents is 2. The largest absolute Gasteiger partial charge is 0.507 e. The lowest BCUT2D eigenvalue weighted by Gasteiger charge is -2.03. The molecule has 0 aliphatic rings. The van der Waals surface area contributed by atoms with Crippen molar-refractivity contribution in [2.75, 3.05) is 0 Å². The molecule has 5 aromatic rings. The quantitative estimate of drug-likeness (QED) is 0.164. The normalized spacial score (nSPS) is 11.5. The van der Waals surface area contributed by atoms with Crippen LogP contribution in [0.1, 0.15) is 5.56 Å². The summed E-state index contributed by atoms with van der Waals surface area (Å²) in [5, 5.41) is 33.6. The van der Waals surface area contributed by atoms with Gasteiger partial charge >= 0.3 is 5.69 Å². The van der Waals surface area contributed by atoms with Gasteiger partial charge in [-0.1, -0.05) is 40.2 Å². The van der Waals surface area contributed by atoms with E-state index in [0.29, 0.717) is 26.8 Å². The average Bonchev–Trinajstić information content (AvgIpc) is 3.21. The van der Waals surface area contributed by atoms with E-state index in [1.165, 1.54) is 18.3 Å². The zero-order chi connectivity index (χ0) is 23.1. The Morgan fingerprint density at radius 1 is 1.03 bits per heavy atom. The molecule has 1 heterocycles. The number of nitro groups is 1. The Bertz CT molecular complexity index is 1590. The summed E-state index contributed by atoms with van der Waals surface area (Å²) in [5.41, 5.74) is 1.79. The van der Waals surface area contributed by atoms with E-state index in [1.807, 2.05) is 30.3 Å². The predicted octanol–water partition coefficient (Wildman–Crippen LogP) is 6.48. The number of benzene rings is 4. The number of hydrogen-bond donors (Lipinski definition) is 2. The molecule has 8 nitrogen and oxygen atoms in total. The Morgan fingerprint density at radius 2 is 1.79 bits per heavy atom. The molecule has 0 fully saturated rings. The van der Waals surface area contributed by atoms with E-state index in [0.717, 1.165) is 10.8 Å². The first-order chi connectivity index (χ1) is 15.9. The van der Waals surface area contributed by atoms with Crippen molar-refractivity contribution in [3.8, 4) is 23.0 Å². The summed E-state index contributed by atoms with van der Waals surface area (Å²) in [6.07, 6.45) is 1.34. The van der Waals surface area contributed by atoms with Gasteiger partial charge in [-0.15, -0.1) is 0 Å². The van der Waals surface area contributed by atoms with Crippen LogP contribution in [0.25, 0.3) is 33.3 Å². The van der Waals surface area contributed by atoms with Crippen LogP contribution in [-0.2, 0) is 0 Å². The van der Waals surface area contributed by atoms with Crippen molar-refractivity contribution in [2.24, 2.45) is 4.99 Å². The van der Waals surface area contributed by atoms with Crippen molar-refractivity contribution in [1.29, 1.82) is 0 Å². The summed E-state index contributed by atoms with van der Waals surface area (Å²) in [4.78, 5) is 19.2.